The molecule has 1 aliphatic heterocycles. The summed E-state index contributed by atoms with van der Waals surface area (Å²) in [4.78, 5) is 2.46. The number of piperidine rings is 1. The highest BCUT2D eigenvalue weighted by Gasteiger charge is 2.32. The van der Waals surface area contributed by atoms with Crippen LogP contribution in [0.15, 0.2) is 30.3 Å². The molecule has 3 unspecified atom stereocenters. The fourth-order valence-corrected chi connectivity index (χ4v) is 3.35. The minimum Gasteiger partial charge on any atom is -0.329 e. The van der Waals surface area contributed by atoms with Gasteiger partial charge in [-0.2, -0.15) is 5.26 Å². The zero-order valence-corrected chi connectivity index (χ0v) is 12.3. The highest BCUT2D eigenvalue weighted by molar-refractivity contribution is 5.20. The Hall–Kier alpha value is -1.37. The van der Waals surface area contributed by atoms with Crippen LogP contribution in [0.2, 0.25) is 0 Å². The first-order valence-electron chi connectivity index (χ1n) is 7.67. The zero-order valence-electron chi connectivity index (χ0n) is 12.3. The normalized spacial score (nSPS) is 25.1. The van der Waals surface area contributed by atoms with Crippen LogP contribution in [0.5, 0.6) is 0 Å². The van der Waals surface area contributed by atoms with E-state index in [0.717, 1.165) is 12.5 Å². The second kappa shape index (κ2) is 7.42. The van der Waals surface area contributed by atoms with Crippen LogP contribution in [0.1, 0.15) is 44.2 Å². The van der Waals surface area contributed by atoms with E-state index in [-0.39, 0.29) is 6.04 Å². The van der Waals surface area contributed by atoms with Gasteiger partial charge in [-0.05, 0) is 30.9 Å². The molecule has 0 amide bonds. The van der Waals surface area contributed by atoms with E-state index >= 15 is 0 Å². The van der Waals surface area contributed by atoms with Crippen molar-refractivity contribution in [2.45, 2.75) is 44.7 Å². The summed E-state index contributed by atoms with van der Waals surface area (Å²) in [5.41, 5.74) is 7.24. The Balaban J connectivity index is 2.18. The molecule has 1 saturated heterocycles. The Morgan fingerprint density at radius 1 is 1.40 bits per heavy atom. The van der Waals surface area contributed by atoms with Gasteiger partial charge in [-0.25, -0.2) is 0 Å². The second-order valence-electron chi connectivity index (χ2n) is 5.71. The van der Waals surface area contributed by atoms with Gasteiger partial charge in [0.1, 0.15) is 0 Å². The molecule has 0 saturated carbocycles. The van der Waals surface area contributed by atoms with Gasteiger partial charge in [0.05, 0.1) is 12.5 Å². The number of nitriles is 1. The van der Waals surface area contributed by atoms with Crippen LogP contribution in [0, 0.1) is 17.2 Å². The van der Waals surface area contributed by atoms with Crippen molar-refractivity contribution in [2.24, 2.45) is 11.7 Å². The van der Waals surface area contributed by atoms with Crippen molar-refractivity contribution in [1.29, 1.82) is 5.26 Å². The molecule has 3 atom stereocenters. The maximum absolute atomic E-state index is 9.18. The summed E-state index contributed by atoms with van der Waals surface area (Å²) in [6.07, 6.45) is 4.17. The first-order valence-corrected chi connectivity index (χ1v) is 7.67. The molecule has 3 nitrogen and oxygen atoms in total. The molecule has 2 rings (SSSR count). The first-order chi connectivity index (χ1) is 9.80. The Bertz CT molecular complexity index is 437. The summed E-state index contributed by atoms with van der Waals surface area (Å²) in [7, 11) is 0. The molecule has 0 aliphatic carbocycles. The van der Waals surface area contributed by atoms with Crippen LogP contribution < -0.4 is 5.73 Å². The van der Waals surface area contributed by atoms with Gasteiger partial charge < -0.3 is 5.73 Å². The lowest BCUT2D eigenvalue weighted by atomic mass is 9.86. The molecule has 1 heterocycles. The summed E-state index contributed by atoms with van der Waals surface area (Å²) in [6, 6.07) is 13.3. The Morgan fingerprint density at radius 2 is 2.15 bits per heavy atom. The predicted molar refractivity (Wildman–Crippen MR) is 82.0 cm³/mol. The van der Waals surface area contributed by atoms with Crippen molar-refractivity contribution >= 4 is 0 Å². The molecular weight excluding hydrogens is 246 g/mol. The van der Waals surface area contributed by atoms with Gasteiger partial charge in [0.2, 0.25) is 0 Å². The van der Waals surface area contributed by atoms with Gasteiger partial charge in [-0.3, -0.25) is 4.90 Å². The van der Waals surface area contributed by atoms with Crippen molar-refractivity contribution in [3.63, 3.8) is 0 Å². The number of hydrogen-bond acceptors (Lipinski definition) is 3. The molecule has 1 fully saturated rings. The lowest BCUT2D eigenvalue weighted by molar-refractivity contribution is 0.0713. The average Bonchev–Trinajstić information content (AvgIpc) is 2.53. The molecule has 0 bridgehead atoms. The molecule has 0 aromatic heterocycles. The molecule has 0 spiro atoms. The summed E-state index contributed by atoms with van der Waals surface area (Å²) in [5, 5.41) is 9.18. The van der Waals surface area contributed by atoms with E-state index in [9.17, 15) is 5.26 Å². The third kappa shape index (κ3) is 3.39. The third-order valence-electron chi connectivity index (χ3n) is 4.59. The number of benzene rings is 1. The van der Waals surface area contributed by atoms with Crippen LogP contribution in [-0.4, -0.2) is 24.0 Å². The van der Waals surface area contributed by atoms with Gasteiger partial charge in [-0.15, -0.1) is 0 Å². The van der Waals surface area contributed by atoms with Crippen LogP contribution in [-0.2, 0) is 0 Å². The van der Waals surface area contributed by atoms with Crippen molar-refractivity contribution in [2.75, 3.05) is 13.1 Å². The number of likely N-dealkylation sites (tertiary alicyclic amines) is 1. The van der Waals surface area contributed by atoms with Crippen LogP contribution in [0.25, 0.3) is 0 Å². The Kier molecular flexibility index (Phi) is 5.58. The van der Waals surface area contributed by atoms with E-state index in [1.165, 1.54) is 24.8 Å². The van der Waals surface area contributed by atoms with E-state index in [2.05, 4.69) is 42.2 Å². The van der Waals surface area contributed by atoms with E-state index < -0.39 is 0 Å². The van der Waals surface area contributed by atoms with Crippen molar-refractivity contribution in [3.05, 3.63) is 35.9 Å². The minimum absolute atomic E-state index is 0.188. The van der Waals surface area contributed by atoms with Crippen LogP contribution in [0.4, 0.5) is 0 Å². The van der Waals surface area contributed by atoms with Gasteiger partial charge in [0, 0.05) is 18.6 Å². The summed E-state index contributed by atoms with van der Waals surface area (Å²) in [6.45, 7) is 4.00. The van der Waals surface area contributed by atoms with Gasteiger partial charge in [0.15, 0.2) is 0 Å². The van der Waals surface area contributed by atoms with Gasteiger partial charge in [-0.1, -0.05) is 43.7 Å². The summed E-state index contributed by atoms with van der Waals surface area (Å²) < 4.78 is 0. The van der Waals surface area contributed by atoms with E-state index in [1.54, 1.807) is 0 Å². The highest BCUT2D eigenvalue weighted by Crippen LogP contribution is 2.33. The monoisotopic (exact) mass is 271 g/mol. The average molecular weight is 271 g/mol. The predicted octanol–water partition coefficient (Wildman–Crippen LogP) is 3.09. The molecule has 0 radical (unpaired) electrons. The van der Waals surface area contributed by atoms with Gasteiger partial charge >= 0.3 is 0 Å². The van der Waals surface area contributed by atoms with E-state index in [1.807, 2.05) is 6.07 Å². The third-order valence-corrected chi connectivity index (χ3v) is 4.59. The molecular formula is C17H25N3. The maximum atomic E-state index is 9.18. The topological polar surface area (TPSA) is 53.0 Å². The van der Waals surface area contributed by atoms with Crippen molar-refractivity contribution in [1.82, 2.24) is 4.90 Å². The highest BCUT2D eigenvalue weighted by atomic mass is 15.2. The van der Waals surface area contributed by atoms with Gasteiger partial charge in [0.25, 0.3) is 0 Å². The molecule has 108 valence electrons. The van der Waals surface area contributed by atoms with Crippen LogP contribution in [0.3, 0.4) is 0 Å². The second-order valence-corrected chi connectivity index (χ2v) is 5.71. The molecule has 2 N–H and O–H groups in total. The lowest BCUT2D eigenvalue weighted by Gasteiger charge is -2.43. The molecule has 3 heteroatoms. The Morgan fingerprint density at radius 3 is 2.75 bits per heavy atom. The smallest absolute Gasteiger partial charge is 0.0641 e. The van der Waals surface area contributed by atoms with Crippen molar-refractivity contribution < 1.29 is 0 Å². The molecule has 1 aromatic rings. The quantitative estimate of drug-likeness (QED) is 0.895. The number of rotatable bonds is 5. The fourth-order valence-electron chi connectivity index (χ4n) is 3.35. The van der Waals surface area contributed by atoms with E-state index in [0.29, 0.717) is 19.0 Å². The number of nitrogens with two attached hydrogens (primary N) is 1. The SMILES string of the molecule is CCC1CCN(C(CC#N)c2ccccc2)C(CN)C1. The molecule has 1 aromatic carbocycles. The minimum atomic E-state index is 0.188. The first kappa shape index (κ1) is 15.0. The zero-order chi connectivity index (χ0) is 14.4. The summed E-state index contributed by atoms with van der Waals surface area (Å²) in [5.74, 6) is 0.790. The largest absolute Gasteiger partial charge is 0.329 e. The molecule has 20 heavy (non-hydrogen) atoms. The number of nitrogens with zero attached hydrogens (tertiary/aromatic N) is 2. The fraction of sp³-hybridized carbons (Fsp3) is 0.588. The maximum Gasteiger partial charge on any atom is 0.0641 e. The summed E-state index contributed by atoms with van der Waals surface area (Å²) >= 11 is 0. The lowest BCUT2D eigenvalue weighted by Crippen LogP contribution is -2.48. The number of hydrogen-bond donors (Lipinski definition) is 1. The van der Waals surface area contributed by atoms with E-state index in [4.69, 9.17) is 5.73 Å². The van der Waals surface area contributed by atoms with Crippen molar-refractivity contribution in [3.8, 4) is 6.07 Å². The molecule has 1 aliphatic rings. The standard InChI is InChI=1S/C17H25N3/c1-2-14-9-11-20(16(12-14)13-19)17(8-10-18)15-6-4-3-5-7-15/h3-7,14,16-17H,2,8-9,11-13,19H2,1H3. The Labute approximate surface area is 122 Å². The van der Waals surface area contributed by atoms with Crippen LogP contribution >= 0.6 is 0 Å².